The van der Waals surface area contributed by atoms with E-state index < -0.39 is 0 Å². The molecule has 5 nitrogen and oxygen atoms in total. The standard InChI is InChI=1S/C16H27N3O2/c1-3-10-19(11-4-2)12-5-13-21-15-8-6-14(7-9-15)16(17)18-20/h6-9,20H,3-5,10-13H2,1-2H3,(H2,17,18). The lowest BCUT2D eigenvalue weighted by Crippen LogP contribution is -2.27. The second-order valence-electron chi connectivity index (χ2n) is 5.05. The van der Waals surface area contributed by atoms with Crippen LogP contribution in [0.5, 0.6) is 5.75 Å². The lowest BCUT2D eigenvalue weighted by atomic mass is 10.2. The van der Waals surface area contributed by atoms with E-state index in [0.717, 1.165) is 31.8 Å². The summed E-state index contributed by atoms with van der Waals surface area (Å²) in [5.41, 5.74) is 6.19. The van der Waals surface area contributed by atoms with E-state index in [9.17, 15) is 0 Å². The first-order valence-electron chi connectivity index (χ1n) is 7.64. The number of benzene rings is 1. The van der Waals surface area contributed by atoms with Crippen LogP contribution in [0.4, 0.5) is 0 Å². The predicted molar refractivity (Wildman–Crippen MR) is 86.1 cm³/mol. The van der Waals surface area contributed by atoms with Crippen molar-refractivity contribution in [2.45, 2.75) is 33.1 Å². The van der Waals surface area contributed by atoms with Crippen molar-refractivity contribution in [2.24, 2.45) is 10.9 Å². The number of nitrogens with zero attached hydrogens (tertiary/aromatic N) is 2. The molecule has 0 aliphatic heterocycles. The minimum atomic E-state index is 0.108. The van der Waals surface area contributed by atoms with Crippen molar-refractivity contribution in [1.29, 1.82) is 0 Å². The van der Waals surface area contributed by atoms with Gasteiger partial charge in [0.15, 0.2) is 5.84 Å². The Labute approximate surface area is 127 Å². The van der Waals surface area contributed by atoms with Crippen LogP contribution in [0.3, 0.4) is 0 Å². The van der Waals surface area contributed by atoms with E-state index in [1.54, 1.807) is 12.1 Å². The molecule has 1 aromatic carbocycles. The molecule has 0 unspecified atom stereocenters. The zero-order valence-electron chi connectivity index (χ0n) is 13.1. The highest BCUT2D eigenvalue weighted by molar-refractivity contribution is 5.97. The molecular formula is C16H27N3O2. The predicted octanol–water partition coefficient (Wildman–Crippen LogP) is 2.67. The van der Waals surface area contributed by atoms with Crippen LogP contribution in [-0.4, -0.2) is 42.2 Å². The third kappa shape index (κ3) is 6.49. The largest absolute Gasteiger partial charge is 0.494 e. The minimum absolute atomic E-state index is 0.108. The van der Waals surface area contributed by atoms with Gasteiger partial charge in [-0.2, -0.15) is 0 Å². The van der Waals surface area contributed by atoms with E-state index in [-0.39, 0.29) is 5.84 Å². The number of hydrogen-bond donors (Lipinski definition) is 2. The highest BCUT2D eigenvalue weighted by atomic mass is 16.5. The first kappa shape index (κ1) is 17.3. The van der Waals surface area contributed by atoms with Crippen LogP contribution < -0.4 is 10.5 Å². The zero-order valence-corrected chi connectivity index (χ0v) is 13.1. The Kier molecular flexibility index (Phi) is 8.28. The Hall–Kier alpha value is -1.75. The summed E-state index contributed by atoms with van der Waals surface area (Å²) in [7, 11) is 0. The van der Waals surface area contributed by atoms with Gasteiger partial charge in [0.05, 0.1) is 6.61 Å². The van der Waals surface area contributed by atoms with Crippen LogP contribution in [0.1, 0.15) is 38.7 Å². The van der Waals surface area contributed by atoms with Gasteiger partial charge in [0.1, 0.15) is 5.75 Å². The van der Waals surface area contributed by atoms with Gasteiger partial charge >= 0.3 is 0 Å². The summed E-state index contributed by atoms with van der Waals surface area (Å²) in [4.78, 5) is 2.48. The van der Waals surface area contributed by atoms with Crippen molar-refractivity contribution >= 4 is 5.84 Å². The monoisotopic (exact) mass is 293 g/mol. The molecule has 0 aliphatic carbocycles. The van der Waals surface area contributed by atoms with Crippen LogP contribution >= 0.6 is 0 Å². The van der Waals surface area contributed by atoms with E-state index in [1.165, 1.54) is 12.8 Å². The molecule has 0 bridgehead atoms. The second-order valence-corrected chi connectivity index (χ2v) is 5.05. The number of nitrogens with two attached hydrogens (primary N) is 1. The third-order valence-corrected chi connectivity index (χ3v) is 3.22. The molecule has 0 atom stereocenters. The van der Waals surface area contributed by atoms with E-state index in [2.05, 4.69) is 23.9 Å². The van der Waals surface area contributed by atoms with Crippen molar-refractivity contribution in [2.75, 3.05) is 26.2 Å². The van der Waals surface area contributed by atoms with Gasteiger partial charge in [0, 0.05) is 12.1 Å². The summed E-state index contributed by atoms with van der Waals surface area (Å²) in [6.07, 6.45) is 3.40. The Balaban J connectivity index is 2.32. The fourth-order valence-electron chi connectivity index (χ4n) is 2.23. The molecule has 0 spiro atoms. The molecule has 0 heterocycles. The normalized spacial score (nSPS) is 11.9. The Morgan fingerprint density at radius 3 is 2.29 bits per heavy atom. The van der Waals surface area contributed by atoms with Gasteiger partial charge in [-0.25, -0.2) is 0 Å². The average molecular weight is 293 g/mol. The molecular weight excluding hydrogens is 266 g/mol. The first-order valence-corrected chi connectivity index (χ1v) is 7.64. The summed E-state index contributed by atoms with van der Waals surface area (Å²) in [5, 5.41) is 11.6. The van der Waals surface area contributed by atoms with Crippen molar-refractivity contribution in [3.8, 4) is 5.75 Å². The number of amidine groups is 1. The molecule has 0 saturated carbocycles. The summed E-state index contributed by atoms with van der Waals surface area (Å²) in [6.45, 7) is 8.51. The van der Waals surface area contributed by atoms with Crippen molar-refractivity contribution < 1.29 is 9.94 Å². The van der Waals surface area contributed by atoms with Gasteiger partial charge in [-0.15, -0.1) is 0 Å². The molecule has 1 rings (SSSR count). The smallest absolute Gasteiger partial charge is 0.170 e. The quantitative estimate of drug-likeness (QED) is 0.229. The van der Waals surface area contributed by atoms with Crippen molar-refractivity contribution in [3.63, 3.8) is 0 Å². The van der Waals surface area contributed by atoms with Gasteiger partial charge in [0.2, 0.25) is 0 Å². The van der Waals surface area contributed by atoms with Crippen LogP contribution in [0, 0.1) is 0 Å². The molecule has 0 aromatic heterocycles. The summed E-state index contributed by atoms with van der Waals surface area (Å²) >= 11 is 0. The lowest BCUT2D eigenvalue weighted by Gasteiger charge is -2.20. The zero-order chi connectivity index (χ0) is 15.5. The van der Waals surface area contributed by atoms with Crippen molar-refractivity contribution in [1.82, 2.24) is 4.90 Å². The number of rotatable bonds is 10. The van der Waals surface area contributed by atoms with E-state index >= 15 is 0 Å². The maximum Gasteiger partial charge on any atom is 0.170 e. The molecule has 21 heavy (non-hydrogen) atoms. The maximum atomic E-state index is 8.60. The van der Waals surface area contributed by atoms with E-state index in [1.807, 2.05) is 12.1 Å². The van der Waals surface area contributed by atoms with E-state index in [4.69, 9.17) is 15.7 Å². The van der Waals surface area contributed by atoms with Gasteiger partial charge in [0.25, 0.3) is 0 Å². The molecule has 3 N–H and O–H groups in total. The SMILES string of the molecule is CCCN(CCC)CCCOc1ccc(C(N)=NO)cc1. The Morgan fingerprint density at radius 1 is 1.14 bits per heavy atom. The number of ether oxygens (including phenoxy) is 1. The molecule has 0 fully saturated rings. The third-order valence-electron chi connectivity index (χ3n) is 3.22. The van der Waals surface area contributed by atoms with Gasteiger partial charge in [-0.05, 0) is 56.6 Å². The first-order chi connectivity index (χ1) is 10.2. The molecule has 0 radical (unpaired) electrons. The Morgan fingerprint density at radius 2 is 1.76 bits per heavy atom. The average Bonchev–Trinajstić information content (AvgIpc) is 2.51. The molecule has 1 aromatic rings. The Bertz CT molecular complexity index is 412. The van der Waals surface area contributed by atoms with Crippen LogP contribution in [0.2, 0.25) is 0 Å². The fraction of sp³-hybridized carbons (Fsp3) is 0.562. The number of hydrogen-bond acceptors (Lipinski definition) is 4. The van der Waals surface area contributed by atoms with Gasteiger partial charge in [-0.1, -0.05) is 19.0 Å². The molecule has 0 amide bonds. The summed E-state index contributed by atoms with van der Waals surface area (Å²) in [6, 6.07) is 7.24. The van der Waals surface area contributed by atoms with Crippen LogP contribution in [-0.2, 0) is 0 Å². The molecule has 0 aliphatic rings. The minimum Gasteiger partial charge on any atom is -0.494 e. The molecule has 5 heteroatoms. The van der Waals surface area contributed by atoms with Crippen molar-refractivity contribution in [3.05, 3.63) is 29.8 Å². The maximum absolute atomic E-state index is 8.60. The lowest BCUT2D eigenvalue weighted by molar-refractivity contribution is 0.234. The molecule has 0 saturated heterocycles. The summed E-state index contributed by atoms with van der Waals surface area (Å²) in [5.74, 6) is 0.915. The number of oxime groups is 1. The van der Waals surface area contributed by atoms with Gasteiger partial charge < -0.3 is 20.6 Å². The van der Waals surface area contributed by atoms with E-state index in [0.29, 0.717) is 12.2 Å². The highest BCUT2D eigenvalue weighted by Crippen LogP contribution is 2.12. The molecule has 118 valence electrons. The van der Waals surface area contributed by atoms with Gasteiger partial charge in [-0.3, -0.25) is 0 Å². The highest BCUT2D eigenvalue weighted by Gasteiger charge is 2.03. The van der Waals surface area contributed by atoms with Crippen LogP contribution in [0.15, 0.2) is 29.4 Å². The second kappa shape index (κ2) is 10.0. The topological polar surface area (TPSA) is 71.1 Å². The van der Waals surface area contributed by atoms with Crippen LogP contribution in [0.25, 0.3) is 0 Å². The summed E-state index contributed by atoms with van der Waals surface area (Å²) < 4.78 is 5.71. The fourth-order valence-corrected chi connectivity index (χ4v) is 2.23.